The van der Waals surface area contributed by atoms with Crippen molar-refractivity contribution < 1.29 is 19.1 Å². The number of aryl methyl sites for hydroxylation is 1. The Kier molecular flexibility index (Phi) is 6.78. The smallest absolute Gasteiger partial charge is 0.356 e. The molecule has 0 saturated carbocycles. The highest BCUT2D eigenvalue weighted by Gasteiger charge is 2.52. The topological polar surface area (TPSA) is 108 Å². The largest absolute Gasteiger partial charge is 0.448 e. The molecular weight excluding hydrogens is 484 g/mol. The number of rotatable bonds is 7. The third kappa shape index (κ3) is 4.78. The fourth-order valence-electron chi connectivity index (χ4n) is 3.90. The average Bonchev–Trinajstić information content (AvgIpc) is 3.32. The van der Waals surface area contributed by atoms with Gasteiger partial charge in [-0.1, -0.05) is 83.8 Å². The van der Waals surface area contributed by atoms with Gasteiger partial charge in [0, 0.05) is 5.57 Å². The number of nitrogens with zero attached hydrogens (tertiary/aromatic N) is 3. The molecule has 1 saturated heterocycles. The van der Waals surface area contributed by atoms with E-state index in [2.05, 4.69) is 10.2 Å². The van der Waals surface area contributed by atoms with Crippen LogP contribution in [-0.4, -0.2) is 45.9 Å². The normalized spacial score (nSPS) is 19.7. The van der Waals surface area contributed by atoms with Crippen LogP contribution in [0.4, 0.5) is 0 Å². The Balaban J connectivity index is 1.47. The summed E-state index contributed by atoms with van der Waals surface area (Å²) in [4.78, 5) is 27.5. The highest BCUT2D eigenvalue weighted by molar-refractivity contribution is 8.03. The average molecular weight is 507 g/mol. The molecule has 178 valence electrons. The van der Waals surface area contributed by atoms with Crippen LogP contribution in [0.15, 0.2) is 87.8 Å². The number of aromatic nitrogens is 2. The molecule has 2 unspecified atom stereocenters. The predicted octanol–water partition coefficient (Wildman–Crippen LogP) is 3.57. The first-order chi connectivity index (χ1) is 17.0. The minimum Gasteiger partial charge on any atom is -0.448 e. The molecule has 2 aliphatic heterocycles. The van der Waals surface area contributed by atoms with Crippen LogP contribution < -0.4 is 5.73 Å². The van der Waals surface area contributed by atoms with Crippen molar-refractivity contribution in [3.05, 3.63) is 99.6 Å². The molecular formula is C25H22N4O4S2. The van der Waals surface area contributed by atoms with Gasteiger partial charge < -0.3 is 15.2 Å². The Bertz CT molecular complexity index is 1250. The van der Waals surface area contributed by atoms with Gasteiger partial charge >= 0.3 is 5.97 Å². The van der Waals surface area contributed by atoms with E-state index in [0.717, 1.165) is 20.5 Å². The van der Waals surface area contributed by atoms with Crippen LogP contribution in [0, 0.1) is 6.92 Å². The summed E-state index contributed by atoms with van der Waals surface area (Å²) >= 11 is 2.84. The van der Waals surface area contributed by atoms with Gasteiger partial charge in [0.1, 0.15) is 16.7 Å². The van der Waals surface area contributed by atoms with Crippen molar-refractivity contribution in [2.45, 2.75) is 29.6 Å². The lowest BCUT2D eigenvalue weighted by atomic mass is 9.99. The number of amides is 1. The van der Waals surface area contributed by atoms with Gasteiger partial charge in [-0.15, -0.1) is 10.2 Å². The van der Waals surface area contributed by atoms with Crippen LogP contribution in [0.2, 0.25) is 0 Å². The van der Waals surface area contributed by atoms with Crippen LogP contribution in [0.5, 0.6) is 0 Å². The Morgan fingerprint density at radius 2 is 1.83 bits per heavy atom. The lowest BCUT2D eigenvalue weighted by molar-refractivity contribution is -0.181. The first kappa shape index (κ1) is 23.4. The van der Waals surface area contributed by atoms with Gasteiger partial charge in [0.2, 0.25) is 0 Å². The third-order valence-electron chi connectivity index (χ3n) is 5.61. The molecule has 8 nitrogen and oxygen atoms in total. The number of hydrogen-bond acceptors (Lipinski definition) is 9. The summed E-state index contributed by atoms with van der Waals surface area (Å²) in [5.74, 6) is -0.997. The van der Waals surface area contributed by atoms with Gasteiger partial charge in [0.05, 0.1) is 6.61 Å². The van der Waals surface area contributed by atoms with E-state index in [4.69, 9.17) is 15.2 Å². The quantitative estimate of drug-likeness (QED) is 0.294. The zero-order chi connectivity index (χ0) is 24.4. The second kappa shape index (κ2) is 10.1. The van der Waals surface area contributed by atoms with E-state index in [9.17, 15) is 9.59 Å². The minimum absolute atomic E-state index is 0.125. The lowest BCUT2D eigenvalue weighted by Gasteiger charge is -2.48. The van der Waals surface area contributed by atoms with Crippen LogP contribution in [0.1, 0.15) is 22.2 Å². The number of ether oxygens (including phenoxy) is 2. The van der Waals surface area contributed by atoms with Crippen molar-refractivity contribution in [1.29, 1.82) is 0 Å². The molecule has 0 bridgehead atoms. The van der Waals surface area contributed by atoms with E-state index in [1.165, 1.54) is 28.0 Å². The fraction of sp³-hybridized carbons (Fsp3) is 0.200. The van der Waals surface area contributed by atoms with E-state index in [1.807, 2.05) is 67.6 Å². The SMILES string of the molecule is Cc1nnc(SC=CC2=C(C(=O)OC(c3ccccc3)c3ccccc3)N3C(=O)C(N)C3OC2)s1. The van der Waals surface area contributed by atoms with E-state index in [0.29, 0.717) is 5.57 Å². The van der Waals surface area contributed by atoms with Gasteiger partial charge in [-0.3, -0.25) is 9.69 Å². The maximum Gasteiger partial charge on any atom is 0.356 e. The van der Waals surface area contributed by atoms with Crippen LogP contribution in [0.25, 0.3) is 0 Å². The van der Waals surface area contributed by atoms with Crippen LogP contribution in [-0.2, 0) is 19.1 Å². The number of β-lactam (4-membered cyclic amide) rings is 1. The van der Waals surface area contributed by atoms with Crippen molar-refractivity contribution in [3.63, 3.8) is 0 Å². The molecule has 2 aromatic carbocycles. The zero-order valence-corrected chi connectivity index (χ0v) is 20.4. The van der Waals surface area contributed by atoms with Gasteiger partial charge in [-0.05, 0) is 29.5 Å². The molecule has 1 fully saturated rings. The van der Waals surface area contributed by atoms with Crippen molar-refractivity contribution >= 4 is 35.0 Å². The van der Waals surface area contributed by atoms with Crippen LogP contribution >= 0.6 is 23.1 Å². The second-order valence-electron chi connectivity index (χ2n) is 7.92. The predicted molar refractivity (Wildman–Crippen MR) is 132 cm³/mol. The third-order valence-corrected chi connectivity index (χ3v) is 7.33. The molecule has 2 atom stereocenters. The monoisotopic (exact) mass is 506 g/mol. The fourth-order valence-corrected chi connectivity index (χ4v) is 5.48. The van der Waals surface area contributed by atoms with Gasteiger partial charge in [0.15, 0.2) is 16.7 Å². The summed E-state index contributed by atoms with van der Waals surface area (Å²) in [5.41, 5.74) is 8.24. The first-order valence-electron chi connectivity index (χ1n) is 10.9. The highest BCUT2D eigenvalue weighted by Crippen LogP contribution is 2.35. The summed E-state index contributed by atoms with van der Waals surface area (Å²) in [7, 11) is 0. The van der Waals surface area contributed by atoms with Crippen molar-refractivity contribution in [2.75, 3.05) is 6.61 Å². The molecule has 35 heavy (non-hydrogen) atoms. The molecule has 3 heterocycles. The number of benzene rings is 2. The number of fused-ring (bicyclic) bond motifs is 1. The number of carbonyl (C=O) groups is 2. The lowest BCUT2D eigenvalue weighted by Crippen LogP contribution is -2.71. The molecule has 0 aliphatic carbocycles. The standard InChI is InChI=1S/C25H22N4O4S2/c1-15-27-28-25(35-15)34-13-12-18-14-32-23-19(26)22(30)29(23)20(18)24(31)33-21(16-8-4-2-5-9-16)17-10-6-3-7-11-17/h2-13,19,21,23H,14,26H2,1H3. The van der Waals surface area contributed by atoms with Gasteiger partial charge in [-0.25, -0.2) is 4.79 Å². The Labute approximate surface area is 210 Å². The second-order valence-corrected chi connectivity index (χ2v) is 10.3. The van der Waals surface area contributed by atoms with Gasteiger partial charge in [-0.2, -0.15) is 0 Å². The maximum atomic E-state index is 13.6. The molecule has 1 amide bonds. The maximum absolute atomic E-state index is 13.6. The number of thioether (sulfide) groups is 1. The molecule has 1 aromatic heterocycles. The molecule has 2 aliphatic rings. The molecule has 5 rings (SSSR count). The number of carbonyl (C=O) groups excluding carboxylic acids is 2. The molecule has 3 aromatic rings. The van der Waals surface area contributed by atoms with E-state index >= 15 is 0 Å². The van der Waals surface area contributed by atoms with Crippen molar-refractivity contribution in [3.8, 4) is 0 Å². The molecule has 0 radical (unpaired) electrons. The highest BCUT2D eigenvalue weighted by atomic mass is 32.2. The number of esters is 1. The summed E-state index contributed by atoms with van der Waals surface area (Å²) in [6, 6.07) is 18.2. The first-order valence-corrected chi connectivity index (χ1v) is 12.6. The molecule has 10 heteroatoms. The Morgan fingerprint density at radius 3 is 2.43 bits per heavy atom. The summed E-state index contributed by atoms with van der Waals surface area (Å²) in [6.07, 6.45) is 0.408. The summed E-state index contributed by atoms with van der Waals surface area (Å²) in [6.45, 7) is 2.01. The minimum atomic E-state index is -0.805. The molecule has 2 N–H and O–H groups in total. The van der Waals surface area contributed by atoms with E-state index in [1.54, 1.807) is 11.5 Å². The summed E-state index contributed by atoms with van der Waals surface area (Å²) in [5, 5.41) is 10.7. The van der Waals surface area contributed by atoms with E-state index < -0.39 is 24.3 Å². The van der Waals surface area contributed by atoms with Crippen molar-refractivity contribution in [2.24, 2.45) is 5.73 Å². The Hall–Kier alpha value is -3.31. The zero-order valence-electron chi connectivity index (χ0n) is 18.7. The van der Waals surface area contributed by atoms with Crippen molar-refractivity contribution in [1.82, 2.24) is 15.1 Å². The van der Waals surface area contributed by atoms with E-state index in [-0.39, 0.29) is 18.2 Å². The number of nitrogens with two attached hydrogens (primary N) is 1. The van der Waals surface area contributed by atoms with Gasteiger partial charge in [0.25, 0.3) is 5.91 Å². The molecule has 0 spiro atoms. The number of hydrogen-bond donors (Lipinski definition) is 1. The summed E-state index contributed by atoms with van der Waals surface area (Å²) < 4.78 is 12.6. The van der Waals surface area contributed by atoms with Crippen LogP contribution in [0.3, 0.4) is 0 Å². The Morgan fingerprint density at radius 1 is 1.17 bits per heavy atom.